The number of anilines is 1. The summed E-state index contributed by atoms with van der Waals surface area (Å²) in [5.74, 6) is -0.0269. The smallest absolute Gasteiger partial charge is 0.413 e. The van der Waals surface area contributed by atoms with E-state index in [1.165, 1.54) is 6.20 Å². The summed E-state index contributed by atoms with van der Waals surface area (Å²) in [6.07, 6.45) is 1.21. The maximum atomic E-state index is 12.2. The molecule has 0 unspecified atom stereocenters. The van der Waals surface area contributed by atoms with Crippen molar-refractivity contribution in [2.45, 2.75) is 32.8 Å². The molecule has 0 fully saturated rings. The first-order valence-corrected chi connectivity index (χ1v) is 7.68. The molecule has 0 saturated heterocycles. The van der Waals surface area contributed by atoms with Crippen LogP contribution < -0.4 is 5.32 Å². The molecule has 0 aliphatic rings. The highest BCUT2D eigenvalue weighted by atomic mass is 32.1. The Hall–Kier alpha value is -2.21. The molecule has 1 N–H and O–H groups in total. The lowest BCUT2D eigenvalue weighted by atomic mass is 10.1. The van der Waals surface area contributed by atoms with Gasteiger partial charge in [-0.05, 0) is 26.3 Å². The van der Waals surface area contributed by atoms with Gasteiger partial charge in [-0.1, -0.05) is 41.7 Å². The zero-order valence-electron chi connectivity index (χ0n) is 12.8. The number of hydrogen-bond acceptors (Lipinski definition) is 5. The van der Waals surface area contributed by atoms with Crippen molar-refractivity contribution in [1.29, 1.82) is 0 Å². The minimum Gasteiger partial charge on any atom is -0.444 e. The average molecular weight is 318 g/mol. The van der Waals surface area contributed by atoms with Gasteiger partial charge in [-0.15, -0.1) is 0 Å². The number of nitrogens with zero attached hydrogens (tertiary/aromatic N) is 1. The highest BCUT2D eigenvalue weighted by molar-refractivity contribution is 7.17. The molecule has 0 aliphatic carbocycles. The molecule has 0 spiro atoms. The third-order valence-corrected chi connectivity index (χ3v) is 3.55. The van der Waals surface area contributed by atoms with Gasteiger partial charge < -0.3 is 4.74 Å². The second-order valence-electron chi connectivity index (χ2n) is 5.74. The van der Waals surface area contributed by atoms with E-state index < -0.39 is 11.7 Å². The number of aromatic nitrogens is 1. The molecular weight excluding hydrogens is 300 g/mol. The molecule has 0 aliphatic heterocycles. The molecular formula is C16H18N2O3S. The van der Waals surface area contributed by atoms with Crippen LogP contribution in [0.5, 0.6) is 0 Å². The van der Waals surface area contributed by atoms with Gasteiger partial charge in [-0.25, -0.2) is 9.78 Å². The van der Waals surface area contributed by atoms with Crippen LogP contribution in [0.1, 0.15) is 36.0 Å². The number of hydrogen-bond donors (Lipinski definition) is 1. The molecule has 2 rings (SSSR count). The third-order valence-electron chi connectivity index (χ3n) is 2.60. The Kier molecular flexibility index (Phi) is 4.92. The fourth-order valence-electron chi connectivity index (χ4n) is 1.72. The van der Waals surface area contributed by atoms with Crippen LogP contribution in [-0.2, 0) is 11.2 Å². The Morgan fingerprint density at radius 3 is 2.55 bits per heavy atom. The molecule has 1 aromatic heterocycles. The predicted octanol–water partition coefficient (Wildman–Crippen LogP) is 3.92. The summed E-state index contributed by atoms with van der Waals surface area (Å²) in [6, 6.07) is 9.50. The summed E-state index contributed by atoms with van der Waals surface area (Å²) in [6.45, 7) is 5.34. The minimum absolute atomic E-state index is 0.0269. The highest BCUT2D eigenvalue weighted by Crippen LogP contribution is 2.21. The molecule has 1 amide bonds. The van der Waals surface area contributed by atoms with E-state index in [4.69, 9.17) is 4.74 Å². The Balaban J connectivity index is 1.96. The standard InChI is InChI=1S/C16H18N2O3S/c1-16(2,3)21-15(20)18-14-17-10-13(22-14)12(19)9-11-7-5-4-6-8-11/h4-8,10H,9H2,1-3H3,(H,17,18,20). The second-order valence-corrected chi connectivity index (χ2v) is 6.77. The largest absolute Gasteiger partial charge is 0.444 e. The molecule has 0 saturated carbocycles. The lowest BCUT2D eigenvalue weighted by Crippen LogP contribution is -2.27. The molecule has 116 valence electrons. The quantitative estimate of drug-likeness (QED) is 0.868. The summed E-state index contributed by atoms with van der Waals surface area (Å²) >= 11 is 1.14. The summed E-state index contributed by atoms with van der Waals surface area (Å²) < 4.78 is 5.14. The number of rotatable bonds is 4. The Labute approximate surface area is 133 Å². The number of ketones is 1. The van der Waals surface area contributed by atoms with Crippen molar-refractivity contribution >= 4 is 28.3 Å². The monoisotopic (exact) mass is 318 g/mol. The molecule has 5 nitrogen and oxygen atoms in total. The lowest BCUT2D eigenvalue weighted by Gasteiger charge is -2.18. The van der Waals surface area contributed by atoms with Gasteiger partial charge >= 0.3 is 6.09 Å². The summed E-state index contributed by atoms with van der Waals surface area (Å²) in [4.78, 5) is 28.4. The number of thiazole rings is 1. The van der Waals surface area contributed by atoms with Crippen molar-refractivity contribution < 1.29 is 14.3 Å². The van der Waals surface area contributed by atoms with Gasteiger partial charge in [0.25, 0.3) is 0 Å². The van der Waals surface area contributed by atoms with Gasteiger partial charge in [-0.3, -0.25) is 10.1 Å². The van der Waals surface area contributed by atoms with E-state index in [0.717, 1.165) is 16.9 Å². The maximum Gasteiger partial charge on any atom is 0.413 e. The molecule has 1 heterocycles. The molecule has 0 radical (unpaired) electrons. The second kappa shape index (κ2) is 6.70. The number of amides is 1. The van der Waals surface area contributed by atoms with Crippen LogP contribution in [0.3, 0.4) is 0 Å². The maximum absolute atomic E-state index is 12.2. The van der Waals surface area contributed by atoms with Crippen LogP contribution in [-0.4, -0.2) is 22.5 Å². The first-order valence-electron chi connectivity index (χ1n) is 6.86. The van der Waals surface area contributed by atoms with Crippen molar-refractivity contribution in [3.63, 3.8) is 0 Å². The first kappa shape index (κ1) is 16.2. The summed E-state index contributed by atoms with van der Waals surface area (Å²) in [5.41, 5.74) is 0.371. The van der Waals surface area contributed by atoms with E-state index in [9.17, 15) is 9.59 Å². The Morgan fingerprint density at radius 2 is 1.91 bits per heavy atom. The zero-order valence-corrected chi connectivity index (χ0v) is 13.6. The van der Waals surface area contributed by atoms with Gasteiger partial charge in [0, 0.05) is 6.42 Å². The van der Waals surface area contributed by atoms with E-state index in [2.05, 4.69) is 10.3 Å². The van der Waals surface area contributed by atoms with E-state index >= 15 is 0 Å². The number of carbonyl (C=O) groups excluding carboxylic acids is 2. The van der Waals surface area contributed by atoms with Gasteiger partial charge in [-0.2, -0.15) is 0 Å². The van der Waals surface area contributed by atoms with Gasteiger partial charge in [0.05, 0.1) is 11.1 Å². The van der Waals surface area contributed by atoms with Crippen LogP contribution in [0.25, 0.3) is 0 Å². The van der Waals surface area contributed by atoms with Crippen LogP contribution >= 0.6 is 11.3 Å². The SMILES string of the molecule is CC(C)(C)OC(=O)Nc1ncc(C(=O)Cc2ccccc2)s1. The molecule has 0 bridgehead atoms. The molecule has 2 aromatic rings. The molecule has 22 heavy (non-hydrogen) atoms. The Bertz CT molecular complexity index is 660. The highest BCUT2D eigenvalue weighted by Gasteiger charge is 2.18. The van der Waals surface area contributed by atoms with E-state index in [-0.39, 0.29) is 5.78 Å². The normalized spacial score (nSPS) is 11.0. The van der Waals surface area contributed by atoms with Gasteiger partial charge in [0.15, 0.2) is 10.9 Å². The fourth-order valence-corrected chi connectivity index (χ4v) is 2.46. The van der Waals surface area contributed by atoms with Gasteiger partial charge in [0.2, 0.25) is 0 Å². The fraction of sp³-hybridized carbons (Fsp3) is 0.312. The zero-order chi connectivity index (χ0) is 16.2. The number of benzene rings is 1. The number of carbonyl (C=O) groups is 2. The molecule has 1 aromatic carbocycles. The number of ether oxygens (including phenoxy) is 1. The summed E-state index contributed by atoms with van der Waals surface area (Å²) in [7, 11) is 0. The van der Waals surface area contributed by atoms with Crippen LogP contribution in [0, 0.1) is 0 Å². The minimum atomic E-state index is -0.580. The van der Waals surface area contributed by atoms with E-state index in [1.54, 1.807) is 20.8 Å². The van der Waals surface area contributed by atoms with Crippen molar-refractivity contribution in [3.05, 3.63) is 47.0 Å². The van der Waals surface area contributed by atoms with Gasteiger partial charge in [0.1, 0.15) is 5.60 Å². The number of Topliss-reactive ketones (excluding diaryl/α,β-unsaturated/α-hetero) is 1. The van der Waals surface area contributed by atoms with E-state index in [0.29, 0.717) is 16.4 Å². The third kappa shape index (κ3) is 4.96. The van der Waals surface area contributed by atoms with Crippen LogP contribution in [0.4, 0.5) is 9.93 Å². The Morgan fingerprint density at radius 1 is 1.23 bits per heavy atom. The number of nitrogens with one attached hydrogen (secondary N) is 1. The molecule has 0 atom stereocenters. The van der Waals surface area contributed by atoms with Crippen molar-refractivity contribution in [3.8, 4) is 0 Å². The first-order chi connectivity index (χ1) is 10.3. The average Bonchev–Trinajstić information content (AvgIpc) is 2.86. The van der Waals surface area contributed by atoms with Crippen LogP contribution in [0.15, 0.2) is 36.5 Å². The predicted molar refractivity (Wildman–Crippen MR) is 86.4 cm³/mol. The van der Waals surface area contributed by atoms with Crippen LogP contribution in [0.2, 0.25) is 0 Å². The summed E-state index contributed by atoms with van der Waals surface area (Å²) in [5, 5.41) is 2.88. The van der Waals surface area contributed by atoms with Crippen molar-refractivity contribution in [1.82, 2.24) is 4.98 Å². The lowest BCUT2D eigenvalue weighted by molar-refractivity contribution is 0.0635. The van der Waals surface area contributed by atoms with Crippen molar-refractivity contribution in [2.24, 2.45) is 0 Å². The topological polar surface area (TPSA) is 68.3 Å². The molecule has 6 heteroatoms. The van der Waals surface area contributed by atoms with Crippen molar-refractivity contribution in [2.75, 3.05) is 5.32 Å². The van der Waals surface area contributed by atoms with E-state index in [1.807, 2.05) is 30.3 Å².